The van der Waals surface area contributed by atoms with E-state index in [1.807, 2.05) is 31.2 Å². The fourth-order valence-corrected chi connectivity index (χ4v) is 2.65. The zero-order valence-corrected chi connectivity index (χ0v) is 11.6. The Morgan fingerprint density at radius 1 is 1.37 bits per heavy atom. The number of fused-ring (bicyclic) bond motifs is 1. The van der Waals surface area contributed by atoms with E-state index >= 15 is 0 Å². The van der Waals surface area contributed by atoms with Crippen LogP contribution in [0.2, 0.25) is 0 Å². The summed E-state index contributed by atoms with van der Waals surface area (Å²) in [5.74, 6) is -0.207. The van der Waals surface area contributed by atoms with E-state index in [1.165, 1.54) is 0 Å². The second-order valence-corrected chi connectivity index (χ2v) is 5.02. The Hall–Kier alpha value is -1.84. The first-order valence-corrected chi connectivity index (χ1v) is 6.54. The molecule has 0 bridgehead atoms. The van der Waals surface area contributed by atoms with Crippen molar-refractivity contribution in [1.82, 2.24) is 0 Å². The molecule has 1 aromatic carbocycles. The number of amides is 1. The number of likely N-dealkylation sites (N-methyl/N-ethyl adjacent to an activating group) is 1. The second kappa shape index (κ2) is 5.03. The van der Waals surface area contributed by atoms with Crippen molar-refractivity contribution in [1.29, 1.82) is 0 Å². The summed E-state index contributed by atoms with van der Waals surface area (Å²) in [7, 11) is 1.77. The van der Waals surface area contributed by atoms with Gasteiger partial charge in [-0.1, -0.05) is 18.2 Å². The van der Waals surface area contributed by atoms with Crippen molar-refractivity contribution in [3.63, 3.8) is 0 Å². The summed E-state index contributed by atoms with van der Waals surface area (Å²) in [4.78, 5) is 25.6. The lowest BCUT2D eigenvalue weighted by atomic mass is 9.79. The van der Waals surface area contributed by atoms with Crippen molar-refractivity contribution in [2.75, 3.05) is 18.6 Å². The summed E-state index contributed by atoms with van der Waals surface area (Å²) in [6, 6.07) is 7.73. The highest BCUT2D eigenvalue weighted by atomic mass is 16.5. The Morgan fingerprint density at radius 2 is 2.05 bits per heavy atom. The van der Waals surface area contributed by atoms with Gasteiger partial charge in [0.25, 0.3) is 0 Å². The van der Waals surface area contributed by atoms with Crippen LogP contribution in [0.1, 0.15) is 32.3 Å². The van der Waals surface area contributed by atoms with E-state index in [4.69, 9.17) is 4.74 Å². The number of benzene rings is 1. The third kappa shape index (κ3) is 2.23. The SMILES string of the molecule is CCOC(=O)CC[C@@]1(C)C(=O)N(C)c2ccccc21. The predicted molar refractivity (Wildman–Crippen MR) is 73.1 cm³/mol. The number of nitrogens with zero attached hydrogens (tertiary/aromatic N) is 1. The van der Waals surface area contributed by atoms with Crippen LogP contribution < -0.4 is 4.90 Å². The van der Waals surface area contributed by atoms with Crippen LogP contribution in [-0.2, 0) is 19.7 Å². The molecule has 4 nitrogen and oxygen atoms in total. The molecule has 1 amide bonds. The van der Waals surface area contributed by atoms with E-state index in [2.05, 4.69) is 0 Å². The molecule has 0 radical (unpaired) electrons. The number of carbonyl (C=O) groups is 2. The highest BCUT2D eigenvalue weighted by molar-refractivity contribution is 6.07. The van der Waals surface area contributed by atoms with Crippen LogP contribution in [-0.4, -0.2) is 25.5 Å². The van der Waals surface area contributed by atoms with Gasteiger partial charge in [-0.15, -0.1) is 0 Å². The van der Waals surface area contributed by atoms with Gasteiger partial charge in [0, 0.05) is 19.2 Å². The van der Waals surface area contributed by atoms with Crippen LogP contribution in [0.15, 0.2) is 24.3 Å². The van der Waals surface area contributed by atoms with Gasteiger partial charge in [-0.2, -0.15) is 0 Å². The van der Waals surface area contributed by atoms with Gasteiger partial charge in [0.1, 0.15) is 0 Å². The number of carbonyl (C=O) groups excluding carboxylic acids is 2. The topological polar surface area (TPSA) is 46.6 Å². The predicted octanol–water partition coefficient (Wildman–Crippen LogP) is 2.26. The van der Waals surface area contributed by atoms with E-state index in [0.717, 1.165) is 11.3 Å². The van der Waals surface area contributed by atoms with Crippen molar-refractivity contribution in [3.8, 4) is 0 Å². The van der Waals surface area contributed by atoms with Crippen molar-refractivity contribution < 1.29 is 14.3 Å². The summed E-state index contributed by atoms with van der Waals surface area (Å²) < 4.78 is 4.93. The quantitative estimate of drug-likeness (QED) is 0.781. The van der Waals surface area contributed by atoms with Crippen LogP contribution in [0.5, 0.6) is 0 Å². The van der Waals surface area contributed by atoms with Crippen LogP contribution >= 0.6 is 0 Å². The van der Waals surface area contributed by atoms with Crippen molar-refractivity contribution in [2.24, 2.45) is 0 Å². The number of anilines is 1. The van der Waals surface area contributed by atoms with Crippen LogP contribution in [0, 0.1) is 0 Å². The lowest BCUT2D eigenvalue weighted by Gasteiger charge is -2.22. The lowest BCUT2D eigenvalue weighted by Crippen LogP contribution is -2.36. The van der Waals surface area contributed by atoms with Gasteiger partial charge in [0.05, 0.1) is 12.0 Å². The first-order valence-electron chi connectivity index (χ1n) is 6.54. The summed E-state index contributed by atoms with van der Waals surface area (Å²) in [6.07, 6.45) is 0.740. The maximum absolute atomic E-state index is 12.4. The van der Waals surface area contributed by atoms with Gasteiger partial charge in [-0.25, -0.2) is 0 Å². The van der Waals surface area contributed by atoms with Gasteiger partial charge in [0.2, 0.25) is 5.91 Å². The number of esters is 1. The first-order chi connectivity index (χ1) is 9.00. The van der Waals surface area contributed by atoms with E-state index in [-0.39, 0.29) is 18.3 Å². The molecular weight excluding hydrogens is 242 g/mol. The molecule has 2 rings (SSSR count). The number of ether oxygens (including phenoxy) is 1. The van der Waals surface area contributed by atoms with Gasteiger partial charge >= 0.3 is 5.97 Å². The average Bonchev–Trinajstić information content (AvgIpc) is 2.61. The Bertz CT molecular complexity index is 512. The van der Waals surface area contributed by atoms with Crippen molar-refractivity contribution >= 4 is 17.6 Å². The third-order valence-corrected chi connectivity index (χ3v) is 3.77. The molecule has 1 aromatic rings. The largest absolute Gasteiger partial charge is 0.466 e. The number of hydrogen-bond donors (Lipinski definition) is 0. The first kappa shape index (κ1) is 13.6. The molecular formula is C15H19NO3. The zero-order chi connectivity index (χ0) is 14.0. The molecule has 1 heterocycles. The standard InChI is InChI=1S/C15H19NO3/c1-4-19-13(17)9-10-15(2)11-7-5-6-8-12(11)16(3)14(15)18/h5-8H,4,9-10H2,1-3H3/t15-/m1/s1. The van der Waals surface area contributed by atoms with E-state index in [1.54, 1.807) is 18.9 Å². The minimum Gasteiger partial charge on any atom is -0.466 e. The summed E-state index contributed by atoms with van der Waals surface area (Å²) in [6.45, 7) is 4.06. The number of rotatable bonds is 4. The zero-order valence-electron chi connectivity index (χ0n) is 11.6. The summed E-state index contributed by atoms with van der Waals surface area (Å²) in [5.41, 5.74) is 1.30. The Labute approximate surface area is 113 Å². The molecule has 102 valence electrons. The molecule has 0 fully saturated rings. The van der Waals surface area contributed by atoms with E-state index < -0.39 is 5.41 Å². The monoisotopic (exact) mass is 261 g/mol. The molecule has 4 heteroatoms. The fourth-order valence-electron chi connectivity index (χ4n) is 2.65. The minimum atomic E-state index is -0.627. The maximum Gasteiger partial charge on any atom is 0.305 e. The van der Waals surface area contributed by atoms with Crippen molar-refractivity contribution in [3.05, 3.63) is 29.8 Å². The molecule has 19 heavy (non-hydrogen) atoms. The maximum atomic E-state index is 12.4. The fraction of sp³-hybridized carbons (Fsp3) is 0.467. The molecule has 1 aliphatic heterocycles. The molecule has 1 aliphatic rings. The smallest absolute Gasteiger partial charge is 0.305 e. The Balaban J connectivity index is 2.23. The molecule has 0 saturated heterocycles. The molecule has 0 aromatic heterocycles. The Kier molecular flexibility index (Phi) is 3.60. The van der Waals surface area contributed by atoms with Crippen LogP contribution in [0.3, 0.4) is 0 Å². The van der Waals surface area contributed by atoms with E-state index in [9.17, 15) is 9.59 Å². The van der Waals surface area contributed by atoms with Gasteiger partial charge in [-0.3, -0.25) is 9.59 Å². The van der Waals surface area contributed by atoms with Crippen LogP contribution in [0.25, 0.3) is 0 Å². The average molecular weight is 261 g/mol. The number of hydrogen-bond acceptors (Lipinski definition) is 3. The van der Waals surface area contributed by atoms with Crippen molar-refractivity contribution in [2.45, 2.75) is 32.1 Å². The highest BCUT2D eigenvalue weighted by Gasteiger charge is 2.45. The molecule has 0 N–H and O–H groups in total. The summed E-state index contributed by atoms with van der Waals surface area (Å²) in [5, 5.41) is 0. The van der Waals surface area contributed by atoms with Crippen LogP contribution in [0.4, 0.5) is 5.69 Å². The molecule has 1 atom stereocenters. The minimum absolute atomic E-state index is 0.0398. The lowest BCUT2D eigenvalue weighted by molar-refractivity contribution is -0.143. The van der Waals surface area contributed by atoms with Gasteiger partial charge in [-0.05, 0) is 31.9 Å². The highest BCUT2D eigenvalue weighted by Crippen LogP contribution is 2.43. The second-order valence-electron chi connectivity index (χ2n) is 5.02. The Morgan fingerprint density at radius 3 is 2.74 bits per heavy atom. The van der Waals surface area contributed by atoms with Gasteiger partial charge < -0.3 is 9.64 Å². The van der Waals surface area contributed by atoms with E-state index in [0.29, 0.717) is 13.0 Å². The van der Waals surface area contributed by atoms with Gasteiger partial charge in [0.15, 0.2) is 0 Å². The molecule has 0 unspecified atom stereocenters. The molecule has 0 spiro atoms. The molecule has 0 aliphatic carbocycles. The summed E-state index contributed by atoms with van der Waals surface area (Å²) >= 11 is 0. The number of para-hydroxylation sites is 1. The molecule has 0 saturated carbocycles. The third-order valence-electron chi connectivity index (χ3n) is 3.77. The normalized spacial score (nSPS) is 21.4.